The molecule has 164 valence electrons. The van der Waals surface area contributed by atoms with Crippen LogP contribution >= 0.6 is 23.4 Å². The van der Waals surface area contributed by atoms with E-state index in [2.05, 4.69) is 15.4 Å². The number of carbonyl (C=O) groups excluding carboxylic acids is 1. The summed E-state index contributed by atoms with van der Waals surface area (Å²) in [6, 6.07) is 14.9. The van der Waals surface area contributed by atoms with Crippen molar-refractivity contribution in [3.63, 3.8) is 0 Å². The number of hydrogen-bond acceptors (Lipinski definition) is 6. The molecule has 0 saturated carbocycles. The minimum Gasteiger partial charge on any atom is -0.497 e. The highest BCUT2D eigenvalue weighted by Gasteiger charge is 2.14. The molecule has 2 heterocycles. The second-order valence-corrected chi connectivity index (χ2v) is 8.31. The lowest BCUT2D eigenvalue weighted by atomic mass is 10.2. The van der Waals surface area contributed by atoms with Crippen LogP contribution in [0, 0.1) is 0 Å². The summed E-state index contributed by atoms with van der Waals surface area (Å²) in [7, 11) is 1.59. The van der Waals surface area contributed by atoms with Gasteiger partial charge in [0.2, 0.25) is 5.91 Å². The Balaban J connectivity index is 1.45. The van der Waals surface area contributed by atoms with Gasteiger partial charge in [0.1, 0.15) is 17.3 Å². The zero-order chi connectivity index (χ0) is 22.5. The Hall–Kier alpha value is -3.30. The van der Waals surface area contributed by atoms with Gasteiger partial charge in [0, 0.05) is 29.7 Å². The van der Waals surface area contributed by atoms with Crippen molar-refractivity contribution in [1.82, 2.24) is 24.5 Å². The number of benzene rings is 2. The average Bonchev–Trinajstić information content (AvgIpc) is 3.13. The molecule has 8 nitrogen and oxygen atoms in total. The van der Waals surface area contributed by atoms with Crippen LogP contribution in [0.3, 0.4) is 0 Å². The number of fused-ring (bicyclic) bond motifs is 1. The van der Waals surface area contributed by atoms with Crippen LogP contribution in [0.25, 0.3) is 5.65 Å². The first-order valence-electron chi connectivity index (χ1n) is 9.74. The summed E-state index contributed by atoms with van der Waals surface area (Å²) >= 11 is 7.39. The summed E-state index contributed by atoms with van der Waals surface area (Å²) in [6.07, 6.45) is 3.09. The van der Waals surface area contributed by atoms with Gasteiger partial charge in [0.15, 0.2) is 5.65 Å². The molecular weight excluding hydrogens is 450 g/mol. The van der Waals surface area contributed by atoms with Crippen LogP contribution in [0.1, 0.15) is 11.1 Å². The van der Waals surface area contributed by atoms with Gasteiger partial charge in [-0.25, -0.2) is 18.9 Å². The van der Waals surface area contributed by atoms with Crippen molar-refractivity contribution in [2.24, 2.45) is 0 Å². The number of methoxy groups -OCH3 is 1. The number of nitrogens with zero attached hydrogens (tertiary/aromatic N) is 4. The van der Waals surface area contributed by atoms with Gasteiger partial charge in [0.05, 0.1) is 7.11 Å². The van der Waals surface area contributed by atoms with Crippen molar-refractivity contribution in [3.8, 4) is 5.75 Å². The molecule has 0 saturated heterocycles. The number of ether oxygens (including phenoxy) is 1. The Morgan fingerprint density at radius 2 is 2.00 bits per heavy atom. The highest BCUT2D eigenvalue weighted by Crippen LogP contribution is 2.24. The van der Waals surface area contributed by atoms with E-state index in [1.165, 1.54) is 16.2 Å². The predicted molar refractivity (Wildman–Crippen MR) is 123 cm³/mol. The van der Waals surface area contributed by atoms with E-state index in [0.717, 1.165) is 15.8 Å². The molecule has 0 spiro atoms. The first-order valence-corrected chi connectivity index (χ1v) is 11.1. The molecule has 0 radical (unpaired) electrons. The maximum Gasteiger partial charge on any atom is 0.350 e. The van der Waals surface area contributed by atoms with Gasteiger partial charge < -0.3 is 10.1 Å². The van der Waals surface area contributed by atoms with Crippen molar-refractivity contribution in [3.05, 3.63) is 87.6 Å². The molecule has 1 amide bonds. The maximum atomic E-state index is 12.7. The second kappa shape index (κ2) is 9.88. The molecule has 0 aliphatic carbocycles. The molecule has 32 heavy (non-hydrogen) atoms. The standard InChI is InChI=1S/C22H20ClN5O3S/c1-31-18-4-2-3-16(11-18)12-25-19(29)13-28-22(30)27-10-9-24-21(20(27)26-28)32-14-15-5-7-17(23)8-6-15/h2-11H,12-14H2,1H3,(H,25,29). The van der Waals surface area contributed by atoms with Gasteiger partial charge >= 0.3 is 5.69 Å². The Morgan fingerprint density at radius 3 is 2.78 bits per heavy atom. The number of hydrogen-bond donors (Lipinski definition) is 1. The third-order valence-corrected chi connectivity index (χ3v) is 5.97. The molecule has 4 rings (SSSR count). The first kappa shape index (κ1) is 21.9. The lowest BCUT2D eigenvalue weighted by molar-refractivity contribution is -0.122. The van der Waals surface area contributed by atoms with Gasteiger partial charge in [-0.05, 0) is 35.4 Å². The monoisotopic (exact) mass is 469 g/mol. The van der Waals surface area contributed by atoms with Gasteiger partial charge in [-0.1, -0.05) is 47.6 Å². The lowest BCUT2D eigenvalue weighted by Crippen LogP contribution is -2.32. The Kier molecular flexibility index (Phi) is 6.77. The predicted octanol–water partition coefficient (Wildman–Crippen LogP) is 3.16. The van der Waals surface area contributed by atoms with Gasteiger partial charge in [-0.15, -0.1) is 5.10 Å². The quantitative estimate of drug-likeness (QED) is 0.399. The fourth-order valence-electron chi connectivity index (χ4n) is 3.04. The van der Waals surface area contributed by atoms with Crippen LogP contribution in [0.5, 0.6) is 5.75 Å². The maximum absolute atomic E-state index is 12.7. The first-order chi connectivity index (χ1) is 15.5. The van der Waals surface area contributed by atoms with Gasteiger partial charge in [-0.3, -0.25) is 4.79 Å². The fraction of sp³-hybridized carbons (Fsp3) is 0.182. The van der Waals surface area contributed by atoms with Crippen LogP contribution in [-0.4, -0.2) is 32.2 Å². The molecule has 0 atom stereocenters. The molecule has 10 heteroatoms. The Labute approximate surface area is 193 Å². The number of rotatable bonds is 8. The summed E-state index contributed by atoms with van der Waals surface area (Å²) in [5.74, 6) is 1.04. The highest BCUT2D eigenvalue weighted by molar-refractivity contribution is 7.98. The lowest BCUT2D eigenvalue weighted by Gasteiger charge is -2.06. The number of nitrogens with one attached hydrogen (secondary N) is 1. The van der Waals surface area contributed by atoms with Crippen LogP contribution in [0.15, 0.2) is 70.7 Å². The van der Waals surface area contributed by atoms with E-state index in [4.69, 9.17) is 16.3 Å². The topological polar surface area (TPSA) is 90.5 Å². The molecule has 0 unspecified atom stereocenters. The number of carbonyl (C=O) groups is 1. The largest absolute Gasteiger partial charge is 0.497 e. The van der Waals surface area contributed by atoms with E-state index in [-0.39, 0.29) is 12.5 Å². The van der Waals surface area contributed by atoms with E-state index < -0.39 is 5.69 Å². The van der Waals surface area contributed by atoms with Gasteiger partial charge in [-0.2, -0.15) is 0 Å². The average molecular weight is 470 g/mol. The third-order valence-electron chi connectivity index (χ3n) is 4.68. The van der Waals surface area contributed by atoms with Crippen molar-refractivity contribution >= 4 is 34.9 Å². The SMILES string of the molecule is COc1cccc(CNC(=O)Cn2nc3c(SCc4ccc(Cl)cc4)nccn3c2=O)c1. The molecule has 0 fully saturated rings. The molecule has 2 aromatic carbocycles. The summed E-state index contributed by atoms with van der Waals surface area (Å²) in [5.41, 5.74) is 1.98. The number of halogens is 1. The van der Waals surface area contributed by atoms with Crippen molar-refractivity contribution in [2.45, 2.75) is 23.9 Å². The fourth-order valence-corrected chi connectivity index (χ4v) is 4.06. The summed E-state index contributed by atoms with van der Waals surface area (Å²) < 4.78 is 7.72. The summed E-state index contributed by atoms with van der Waals surface area (Å²) in [5, 5.41) is 8.43. The molecule has 1 N–H and O–H groups in total. The zero-order valence-corrected chi connectivity index (χ0v) is 18.8. The minimum absolute atomic E-state index is 0.189. The van der Waals surface area contributed by atoms with Crippen LogP contribution in [-0.2, 0) is 23.6 Å². The Morgan fingerprint density at radius 1 is 1.19 bits per heavy atom. The van der Waals surface area contributed by atoms with Crippen LogP contribution < -0.4 is 15.7 Å². The molecule has 4 aromatic rings. The van der Waals surface area contributed by atoms with Gasteiger partial charge in [0.25, 0.3) is 0 Å². The van der Waals surface area contributed by atoms with E-state index in [1.54, 1.807) is 19.5 Å². The smallest absolute Gasteiger partial charge is 0.350 e. The van der Waals surface area contributed by atoms with Crippen LogP contribution in [0.4, 0.5) is 0 Å². The second-order valence-electron chi connectivity index (χ2n) is 6.91. The molecule has 0 aliphatic heterocycles. The van der Waals surface area contributed by atoms with E-state index in [9.17, 15) is 9.59 Å². The van der Waals surface area contributed by atoms with E-state index in [1.807, 2.05) is 48.5 Å². The van der Waals surface area contributed by atoms with Crippen molar-refractivity contribution < 1.29 is 9.53 Å². The highest BCUT2D eigenvalue weighted by atomic mass is 35.5. The summed E-state index contributed by atoms with van der Waals surface area (Å²) in [4.78, 5) is 29.5. The number of amides is 1. The van der Waals surface area contributed by atoms with E-state index >= 15 is 0 Å². The molecule has 2 aromatic heterocycles. The van der Waals surface area contributed by atoms with Crippen molar-refractivity contribution in [2.75, 3.05) is 7.11 Å². The molecular formula is C22H20ClN5O3S. The normalized spacial score (nSPS) is 10.9. The minimum atomic E-state index is -0.396. The van der Waals surface area contributed by atoms with E-state index in [0.29, 0.717) is 33.7 Å². The zero-order valence-electron chi connectivity index (χ0n) is 17.2. The van der Waals surface area contributed by atoms with Crippen molar-refractivity contribution in [1.29, 1.82) is 0 Å². The molecule has 0 bridgehead atoms. The number of thioether (sulfide) groups is 1. The summed E-state index contributed by atoms with van der Waals surface area (Å²) in [6.45, 7) is 0.133. The molecule has 0 aliphatic rings. The number of aromatic nitrogens is 4. The van der Waals surface area contributed by atoms with Crippen LogP contribution in [0.2, 0.25) is 5.02 Å². The third kappa shape index (κ3) is 5.12. The Bertz CT molecular complexity index is 1300.